The molecule has 1 aromatic heterocycles. The molecule has 0 aliphatic heterocycles. The molecule has 0 aromatic carbocycles. The molecule has 0 fully saturated rings. The van der Waals surface area contributed by atoms with Crippen LogP contribution < -0.4 is 10.5 Å². The molecule has 1 heterocycles. The maximum Gasteiger partial charge on any atom is 0.257 e. The number of rotatable bonds is 8. The highest BCUT2D eigenvalue weighted by Crippen LogP contribution is 2.11. The quantitative estimate of drug-likeness (QED) is 0.721. The summed E-state index contributed by atoms with van der Waals surface area (Å²) in [5.41, 5.74) is 5.53. The molecule has 0 radical (unpaired) electrons. The first kappa shape index (κ1) is 15.1. The largest absolute Gasteiger partial charge is 0.330 e. The minimum atomic E-state index is -3.47. The standard InChI is InChI=1S/C11H22N4O2S/c1-3-4-10(5-7-12)9-14-18(16,17)11-6-8-13-15(11)2/h6,8,10,14H,3-5,7,9,12H2,1-2H3. The van der Waals surface area contributed by atoms with Crippen LogP contribution in [0.5, 0.6) is 0 Å². The van der Waals surface area contributed by atoms with Crippen LogP contribution >= 0.6 is 0 Å². The van der Waals surface area contributed by atoms with Gasteiger partial charge in [0.2, 0.25) is 0 Å². The van der Waals surface area contributed by atoms with E-state index in [2.05, 4.69) is 16.7 Å². The molecule has 104 valence electrons. The Bertz CT molecular complexity index is 449. The third kappa shape index (κ3) is 4.08. The predicted octanol–water partition coefficient (Wildman–Crippen LogP) is 0.464. The molecule has 0 aliphatic carbocycles. The first-order valence-electron chi connectivity index (χ1n) is 6.19. The number of aryl methyl sites for hydroxylation is 1. The lowest BCUT2D eigenvalue weighted by Crippen LogP contribution is -2.31. The van der Waals surface area contributed by atoms with Gasteiger partial charge in [-0.05, 0) is 31.4 Å². The Hall–Kier alpha value is -0.920. The van der Waals surface area contributed by atoms with Gasteiger partial charge in [-0.15, -0.1) is 0 Å². The van der Waals surface area contributed by atoms with Gasteiger partial charge in [0.15, 0.2) is 5.03 Å². The Labute approximate surface area is 109 Å². The summed E-state index contributed by atoms with van der Waals surface area (Å²) in [7, 11) is -1.86. The highest BCUT2D eigenvalue weighted by Gasteiger charge is 2.19. The molecule has 1 aromatic rings. The van der Waals surface area contributed by atoms with E-state index in [0.29, 0.717) is 19.0 Å². The highest BCUT2D eigenvalue weighted by atomic mass is 32.2. The Morgan fingerprint density at radius 1 is 1.50 bits per heavy atom. The summed E-state index contributed by atoms with van der Waals surface area (Å²) in [6.45, 7) is 3.09. The monoisotopic (exact) mass is 274 g/mol. The van der Waals surface area contributed by atoms with Crippen molar-refractivity contribution in [2.75, 3.05) is 13.1 Å². The summed E-state index contributed by atoms with van der Waals surface area (Å²) in [5, 5.41) is 4.05. The molecule has 0 bridgehead atoms. The van der Waals surface area contributed by atoms with Crippen LogP contribution in [0.25, 0.3) is 0 Å². The Balaban J connectivity index is 2.64. The molecule has 0 amide bonds. The lowest BCUT2D eigenvalue weighted by molar-refractivity contribution is 0.442. The van der Waals surface area contributed by atoms with Crippen molar-refractivity contribution >= 4 is 10.0 Å². The van der Waals surface area contributed by atoms with Gasteiger partial charge in [-0.25, -0.2) is 13.1 Å². The topological polar surface area (TPSA) is 90.0 Å². The molecule has 1 rings (SSSR count). The molecule has 1 unspecified atom stereocenters. The van der Waals surface area contributed by atoms with Crippen molar-refractivity contribution in [2.45, 2.75) is 31.2 Å². The zero-order valence-electron chi connectivity index (χ0n) is 11.0. The zero-order chi connectivity index (χ0) is 13.6. The highest BCUT2D eigenvalue weighted by molar-refractivity contribution is 7.89. The number of hydrogen-bond acceptors (Lipinski definition) is 4. The lowest BCUT2D eigenvalue weighted by atomic mass is 10.0. The van der Waals surface area contributed by atoms with Gasteiger partial charge in [0.1, 0.15) is 0 Å². The zero-order valence-corrected chi connectivity index (χ0v) is 11.8. The fourth-order valence-electron chi connectivity index (χ4n) is 1.92. The lowest BCUT2D eigenvalue weighted by Gasteiger charge is -2.15. The number of nitrogens with one attached hydrogen (secondary N) is 1. The molecule has 0 spiro atoms. The van der Waals surface area contributed by atoms with Crippen molar-refractivity contribution in [3.05, 3.63) is 12.3 Å². The number of sulfonamides is 1. The molecular weight excluding hydrogens is 252 g/mol. The van der Waals surface area contributed by atoms with Crippen LogP contribution in [-0.2, 0) is 17.1 Å². The summed E-state index contributed by atoms with van der Waals surface area (Å²) in [6.07, 6.45) is 4.31. The molecule has 0 saturated heterocycles. The summed E-state index contributed by atoms with van der Waals surface area (Å²) in [5.74, 6) is 0.294. The van der Waals surface area contributed by atoms with E-state index in [1.54, 1.807) is 7.05 Å². The minimum Gasteiger partial charge on any atom is -0.330 e. The number of aromatic nitrogens is 2. The van der Waals surface area contributed by atoms with E-state index in [-0.39, 0.29) is 5.03 Å². The summed E-state index contributed by atoms with van der Waals surface area (Å²) < 4.78 is 28.0. The summed E-state index contributed by atoms with van der Waals surface area (Å²) >= 11 is 0. The minimum absolute atomic E-state index is 0.186. The molecule has 0 aliphatic rings. The average Bonchev–Trinajstić information content (AvgIpc) is 2.74. The molecular formula is C11H22N4O2S. The Morgan fingerprint density at radius 3 is 2.72 bits per heavy atom. The number of nitrogens with two attached hydrogens (primary N) is 1. The average molecular weight is 274 g/mol. The van der Waals surface area contributed by atoms with E-state index >= 15 is 0 Å². The Kier molecular flexibility index (Phi) is 5.77. The maximum absolute atomic E-state index is 12.0. The molecule has 1 atom stereocenters. The molecule has 18 heavy (non-hydrogen) atoms. The van der Waals surface area contributed by atoms with Crippen molar-refractivity contribution in [3.63, 3.8) is 0 Å². The van der Waals surface area contributed by atoms with Gasteiger partial charge in [0.25, 0.3) is 10.0 Å². The van der Waals surface area contributed by atoms with Crippen LogP contribution in [0.3, 0.4) is 0 Å². The Morgan fingerprint density at radius 2 is 2.22 bits per heavy atom. The molecule has 6 nitrogen and oxygen atoms in total. The van der Waals surface area contributed by atoms with E-state index in [1.165, 1.54) is 16.9 Å². The first-order chi connectivity index (χ1) is 8.51. The van der Waals surface area contributed by atoms with Crippen LogP contribution in [0.2, 0.25) is 0 Å². The van der Waals surface area contributed by atoms with Gasteiger partial charge in [-0.2, -0.15) is 5.10 Å². The molecule has 3 N–H and O–H groups in total. The van der Waals surface area contributed by atoms with E-state index in [9.17, 15) is 8.42 Å². The van der Waals surface area contributed by atoms with Gasteiger partial charge < -0.3 is 5.73 Å². The smallest absolute Gasteiger partial charge is 0.257 e. The van der Waals surface area contributed by atoms with Crippen LogP contribution in [0, 0.1) is 5.92 Å². The van der Waals surface area contributed by atoms with Crippen molar-refractivity contribution in [1.82, 2.24) is 14.5 Å². The molecule has 0 saturated carbocycles. The van der Waals surface area contributed by atoms with Crippen molar-refractivity contribution in [3.8, 4) is 0 Å². The fourth-order valence-corrected chi connectivity index (χ4v) is 3.16. The predicted molar refractivity (Wildman–Crippen MR) is 70.5 cm³/mol. The van der Waals surface area contributed by atoms with E-state index in [4.69, 9.17) is 5.73 Å². The van der Waals surface area contributed by atoms with E-state index in [0.717, 1.165) is 19.3 Å². The fraction of sp³-hybridized carbons (Fsp3) is 0.727. The van der Waals surface area contributed by atoms with E-state index < -0.39 is 10.0 Å². The summed E-state index contributed by atoms with van der Waals surface area (Å²) in [6, 6.07) is 1.49. The third-order valence-electron chi connectivity index (χ3n) is 2.89. The second-order valence-corrected chi connectivity index (χ2v) is 6.09. The van der Waals surface area contributed by atoms with Crippen molar-refractivity contribution in [2.24, 2.45) is 18.7 Å². The third-order valence-corrected chi connectivity index (χ3v) is 4.38. The van der Waals surface area contributed by atoms with Crippen LogP contribution in [0.4, 0.5) is 0 Å². The van der Waals surface area contributed by atoms with Gasteiger partial charge in [0.05, 0.1) is 6.20 Å². The van der Waals surface area contributed by atoms with Gasteiger partial charge in [-0.3, -0.25) is 4.68 Å². The van der Waals surface area contributed by atoms with Crippen molar-refractivity contribution < 1.29 is 8.42 Å². The second kappa shape index (κ2) is 6.86. The van der Waals surface area contributed by atoms with Crippen LogP contribution in [0.1, 0.15) is 26.2 Å². The van der Waals surface area contributed by atoms with E-state index in [1.807, 2.05) is 0 Å². The maximum atomic E-state index is 12.0. The normalized spacial score (nSPS) is 13.7. The van der Waals surface area contributed by atoms with Crippen LogP contribution in [0.15, 0.2) is 17.3 Å². The summed E-state index contributed by atoms with van der Waals surface area (Å²) in [4.78, 5) is 0. The van der Waals surface area contributed by atoms with Crippen LogP contribution in [-0.4, -0.2) is 31.3 Å². The molecule has 7 heteroatoms. The SMILES string of the molecule is CCCC(CCN)CNS(=O)(=O)c1ccnn1C. The van der Waals surface area contributed by atoms with Gasteiger partial charge in [-0.1, -0.05) is 13.3 Å². The van der Waals surface area contributed by atoms with Crippen molar-refractivity contribution in [1.29, 1.82) is 0 Å². The van der Waals surface area contributed by atoms with Gasteiger partial charge >= 0.3 is 0 Å². The first-order valence-corrected chi connectivity index (χ1v) is 7.67. The number of nitrogens with zero attached hydrogens (tertiary/aromatic N) is 2. The number of hydrogen-bond donors (Lipinski definition) is 2. The van der Waals surface area contributed by atoms with Gasteiger partial charge in [0, 0.05) is 13.6 Å². The second-order valence-electron chi connectivity index (χ2n) is 4.38.